The Hall–Kier alpha value is -0.860. The molecular weight excluding hydrogens is 244 g/mol. The third kappa shape index (κ3) is 4.60. The van der Waals surface area contributed by atoms with Crippen molar-refractivity contribution in [2.24, 2.45) is 5.92 Å². The van der Waals surface area contributed by atoms with Crippen LogP contribution in [0.5, 0.6) is 0 Å². The van der Waals surface area contributed by atoms with Gasteiger partial charge in [-0.05, 0) is 64.6 Å². The first-order valence-electron chi connectivity index (χ1n) is 8.17. The first-order chi connectivity index (χ1) is 9.66. The number of hydrogen-bond acceptors (Lipinski definition) is 2. The van der Waals surface area contributed by atoms with Crippen LogP contribution in [0, 0.1) is 5.92 Å². The van der Waals surface area contributed by atoms with Gasteiger partial charge in [-0.15, -0.1) is 0 Å². The molecule has 0 spiro atoms. The lowest BCUT2D eigenvalue weighted by Crippen LogP contribution is -2.44. The maximum Gasteiger partial charge on any atom is 0.0110 e. The summed E-state index contributed by atoms with van der Waals surface area (Å²) < 4.78 is 0. The van der Waals surface area contributed by atoms with Crippen LogP contribution >= 0.6 is 0 Å². The van der Waals surface area contributed by atoms with E-state index in [-0.39, 0.29) is 0 Å². The van der Waals surface area contributed by atoms with Gasteiger partial charge in [0, 0.05) is 18.6 Å². The summed E-state index contributed by atoms with van der Waals surface area (Å²) in [6.07, 6.45) is 3.83. The molecule has 0 aliphatic carbocycles. The number of nitrogens with zero attached hydrogens (tertiary/aromatic N) is 1. The van der Waals surface area contributed by atoms with Gasteiger partial charge in [-0.1, -0.05) is 30.3 Å². The zero-order valence-corrected chi connectivity index (χ0v) is 13.3. The molecule has 0 saturated carbocycles. The number of hydrogen-bond donors (Lipinski definition) is 1. The number of benzene rings is 1. The summed E-state index contributed by atoms with van der Waals surface area (Å²) in [6, 6.07) is 12.1. The topological polar surface area (TPSA) is 15.3 Å². The average molecular weight is 274 g/mol. The second-order valence-electron chi connectivity index (χ2n) is 6.52. The van der Waals surface area contributed by atoms with Crippen molar-refractivity contribution in [3.05, 3.63) is 35.9 Å². The van der Waals surface area contributed by atoms with Gasteiger partial charge in [-0.25, -0.2) is 0 Å². The van der Waals surface area contributed by atoms with Crippen molar-refractivity contribution in [2.75, 3.05) is 19.6 Å². The molecule has 112 valence electrons. The van der Waals surface area contributed by atoms with Gasteiger partial charge in [0.25, 0.3) is 0 Å². The highest BCUT2D eigenvalue weighted by atomic mass is 15.2. The van der Waals surface area contributed by atoms with Crippen LogP contribution < -0.4 is 5.32 Å². The van der Waals surface area contributed by atoms with E-state index in [4.69, 9.17) is 0 Å². The Morgan fingerprint density at radius 3 is 2.35 bits per heavy atom. The monoisotopic (exact) mass is 274 g/mol. The second-order valence-corrected chi connectivity index (χ2v) is 6.52. The molecule has 0 radical (unpaired) electrons. The molecule has 0 amide bonds. The molecule has 1 N–H and O–H groups in total. The van der Waals surface area contributed by atoms with Crippen molar-refractivity contribution >= 4 is 0 Å². The molecule has 0 aromatic heterocycles. The van der Waals surface area contributed by atoms with E-state index in [9.17, 15) is 0 Å². The average Bonchev–Trinajstić information content (AvgIpc) is 2.46. The minimum absolute atomic E-state index is 0.618. The summed E-state index contributed by atoms with van der Waals surface area (Å²) in [5.41, 5.74) is 1.45. The molecule has 1 saturated heterocycles. The predicted octanol–water partition coefficient (Wildman–Crippen LogP) is 3.33. The Morgan fingerprint density at radius 1 is 1.10 bits per heavy atom. The van der Waals surface area contributed by atoms with Crippen molar-refractivity contribution in [3.63, 3.8) is 0 Å². The van der Waals surface area contributed by atoms with Gasteiger partial charge in [0.15, 0.2) is 0 Å². The molecule has 1 aliphatic heterocycles. The lowest BCUT2D eigenvalue weighted by molar-refractivity contribution is 0.124. The summed E-state index contributed by atoms with van der Waals surface area (Å²) in [6.45, 7) is 10.7. The van der Waals surface area contributed by atoms with Crippen LogP contribution in [0.2, 0.25) is 0 Å². The summed E-state index contributed by atoms with van der Waals surface area (Å²) >= 11 is 0. The van der Waals surface area contributed by atoms with Crippen LogP contribution in [0.3, 0.4) is 0 Å². The zero-order valence-electron chi connectivity index (χ0n) is 13.3. The summed E-state index contributed by atoms with van der Waals surface area (Å²) in [5.74, 6) is 0.872. The smallest absolute Gasteiger partial charge is 0.0110 e. The fourth-order valence-corrected chi connectivity index (χ4v) is 3.33. The molecule has 20 heavy (non-hydrogen) atoms. The molecule has 1 aromatic carbocycles. The molecule has 2 nitrogen and oxygen atoms in total. The van der Waals surface area contributed by atoms with Gasteiger partial charge in [0.2, 0.25) is 0 Å². The van der Waals surface area contributed by atoms with E-state index in [1.807, 2.05) is 0 Å². The van der Waals surface area contributed by atoms with Crippen LogP contribution in [0.4, 0.5) is 0 Å². The molecule has 1 aliphatic rings. The van der Waals surface area contributed by atoms with Crippen LogP contribution in [-0.4, -0.2) is 36.6 Å². The Labute approximate surface area is 124 Å². The highest BCUT2D eigenvalue weighted by Crippen LogP contribution is 2.19. The molecule has 1 heterocycles. The van der Waals surface area contributed by atoms with Gasteiger partial charge in [0.1, 0.15) is 0 Å². The first kappa shape index (κ1) is 15.5. The van der Waals surface area contributed by atoms with Crippen LogP contribution in [0.15, 0.2) is 30.3 Å². The molecule has 1 unspecified atom stereocenters. The molecule has 1 atom stereocenters. The molecule has 2 rings (SSSR count). The van der Waals surface area contributed by atoms with Gasteiger partial charge < -0.3 is 5.32 Å². The maximum atomic E-state index is 3.47. The molecule has 1 fully saturated rings. The van der Waals surface area contributed by atoms with Crippen molar-refractivity contribution in [1.82, 2.24) is 10.2 Å². The summed E-state index contributed by atoms with van der Waals surface area (Å²) in [5, 5.41) is 3.47. The summed E-state index contributed by atoms with van der Waals surface area (Å²) in [7, 11) is 0. The zero-order chi connectivity index (χ0) is 14.4. The lowest BCUT2D eigenvalue weighted by atomic mass is 9.95. The maximum absolute atomic E-state index is 3.47. The lowest BCUT2D eigenvalue weighted by Gasteiger charge is -2.37. The van der Waals surface area contributed by atoms with Crippen LogP contribution in [-0.2, 0) is 6.42 Å². The van der Waals surface area contributed by atoms with E-state index in [0.717, 1.165) is 12.3 Å². The van der Waals surface area contributed by atoms with E-state index in [2.05, 4.69) is 61.3 Å². The normalized spacial score (nSPS) is 18.6. The van der Waals surface area contributed by atoms with Gasteiger partial charge >= 0.3 is 0 Å². The predicted molar refractivity (Wildman–Crippen MR) is 87.0 cm³/mol. The Kier molecular flexibility index (Phi) is 6.06. The van der Waals surface area contributed by atoms with Crippen LogP contribution in [0.25, 0.3) is 0 Å². The number of rotatable bonds is 6. The third-order valence-corrected chi connectivity index (χ3v) is 4.53. The third-order valence-electron chi connectivity index (χ3n) is 4.53. The highest BCUT2D eigenvalue weighted by molar-refractivity contribution is 5.15. The standard InChI is InChI=1S/C18H30N2/c1-15(2)20(14-18-9-11-19-12-10-18)16(3)13-17-7-5-4-6-8-17/h4-8,15-16,18-19H,9-14H2,1-3H3. The molecule has 1 aromatic rings. The number of piperidine rings is 1. The second kappa shape index (κ2) is 7.80. The van der Waals surface area contributed by atoms with Crippen molar-refractivity contribution in [2.45, 2.75) is 52.1 Å². The number of nitrogens with one attached hydrogen (secondary N) is 1. The highest BCUT2D eigenvalue weighted by Gasteiger charge is 2.22. The van der Waals surface area contributed by atoms with Crippen molar-refractivity contribution in [3.8, 4) is 0 Å². The van der Waals surface area contributed by atoms with E-state index >= 15 is 0 Å². The van der Waals surface area contributed by atoms with Crippen LogP contribution in [0.1, 0.15) is 39.2 Å². The largest absolute Gasteiger partial charge is 0.317 e. The molecular formula is C18H30N2. The molecule has 2 heteroatoms. The van der Waals surface area contributed by atoms with Crippen molar-refractivity contribution < 1.29 is 0 Å². The Balaban J connectivity index is 1.93. The first-order valence-corrected chi connectivity index (χ1v) is 8.17. The van der Waals surface area contributed by atoms with Gasteiger partial charge in [-0.2, -0.15) is 0 Å². The SMILES string of the molecule is CC(C)N(CC1CCNCC1)C(C)Cc1ccccc1. The Bertz CT molecular complexity index is 368. The minimum Gasteiger partial charge on any atom is -0.317 e. The Morgan fingerprint density at radius 2 is 1.75 bits per heavy atom. The fourth-order valence-electron chi connectivity index (χ4n) is 3.33. The van der Waals surface area contributed by atoms with Crippen molar-refractivity contribution in [1.29, 1.82) is 0 Å². The fraction of sp³-hybridized carbons (Fsp3) is 0.667. The quantitative estimate of drug-likeness (QED) is 0.856. The van der Waals surface area contributed by atoms with Gasteiger partial charge in [0.05, 0.1) is 0 Å². The van der Waals surface area contributed by atoms with E-state index < -0.39 is 0 Å². The van der Waals surface area contributed by atoms with Gasteiger partial charge in [-0.3, -0.25) is 4.90 Å². The van der Waals surface area contributed by atoms with E-state index in [0.29, 0.717) is 12.1 Å². The summed E-state index contributed by atoms with van der Waals surface area (Å²) in [4.78, 5) is 2.70. The molecule has 0 bridgehead atoms. The van der Waals surface area contributed by atoms with E-state index in [1.165, 1.54) is 38.0 Å². The van der Waals surface area contributed by atoms with E-state index in [1.54, 1.807) is 0 Å². The minimum atomic E-state index is 0.618.